The van der Waals surface area contributed by atoms with Gasteiger partial charge in [0.05, 0.1) is 42.4 Å². The summed E-state index contributed by atoms with van der Waals surface area (Å²) < 4.78 is 1.40. The number of benzene rings is 1. The van der Waals surface area contributed by atoms with Crippen molar-refractivity contribution >= 4 is 16.8 Å². The van der Waals surface area contributed by atoms with Crippen molar-refractivity contribution in [3.05, 3.63) is 58.7 Å². The Morgan fingerprint density at radius 3 is 2.68 bits per heavy atom. The van der Waals surface area contributed by atoms with E-state index in [4.69, 9.17) is 0 Å². The molecule has 0 bridgehead atoms. The molecule has 3 aromatic rings. The third-order valence-electron chi connectivity index (χ3n) is 4.83. The first-order valence-corrected chi connectivity index (χ1v) is 9.28. The minimum atomic E-state index is -0.726. The van der Waals surface area contributed by atoms with Crippen LogP contribution in [0.3, 0.4) is 0 Å². The molecule has 0 spiro atoms. The number of amides is 1. The van der Waals surface area contributed by atoms with Gasteiger partial charge in [-0.1, -0.05) is 26.0 Å². The third kappa shape index (κ3) is 3.82. The second-order valence-electron chi connectivity index (χ2n) is 7.12. The van der Waals surface area contributed by atoms with Gasteiger partial charge in [-0.2, -0.15) is 0 Å². The number of hydrogen-bond donors (Lipinski definition) is 2. The van der Waals surface area contributed by atoms with Crippen LogP contribution in [0.5, 0.6) is 0 Å². The number of aliphatic hydroxyl groups excluding tert-OH is 1. The van der Waals surface area contributed by atoms with Crippen molar-refractivity contribution in [3.63, 3.8) is 0 Å². The lowest BCUT2D eigenvalue weighted by Gasteiger charge is -2.29. The molecule has 8 nitrogen and oxygen atoms in total. The third-order valence-corrected chi connectivity index (χ3v) is 4.83. The Morgan fingerprint density at radius 1 is 1.29 bits per heavy atom. The fourth-order valence-electron chi connectivity index (χ4n) is 3.31. The first-order chi connectivity index (χ1) is 13.4. The summed E-state index contributed by atoms with van der Waals surface area (Å²) in [6, 6.07) is 6.35. The van der Waals surface area contributed by atoms with Crippen molar-refractivity contribution in [1.29, 1.82) is 0 Å². The molecule has 28 heavy (non-hydrogen) atoms. The molecule has 0 aliphatic rings. The monoisotopic (exact) mass is 383 g/mol. The summed E-state index contributed by atoms with van der Waals surface area (Å²) in [6.07, 6.45) is 3.01. The molecule has 8 heteroatoms. The predicted molar refractivity (Wildman–Crippen MR) is 106 cm³/mol. The van der Waals surface area contributed by atoms with E-state index >= 15 is 0 Å². The molecule has 2 heterocycles. The van der Waals surface area contributed by atoms with E-state index in [-0.39, 0.29) is 37.1 Å². The summed E-state index contributed by atoms with van der Waals surface area (Å²) in [6.45, 7) is 5.90. The van der Waals surface area contributed by atoms with E-state index in [1.165, 1.54) is 15.8 Å². The van der Waals surface area contributed by atoms with Crippen LogP contribution >= 0.6 is 0 Å². The van der Waals surface area contributed by atoms with Crippen LogP contribution in [0.15, 0.2) is 41.7 Å². The van der Waals surface area contributed by atoms with E-state index in [9.17, 15) is 14.7 Å². The molecule has 1 aromatic carbocycles. The summed E-state index contributed by atoms with van der Waals surface area (Å²) in [7, 11) is 0. The van der Waals surface area contributed by atoms with Crippen LogP contribution in [0.2, 0.25) is 0 Å². The van der Waals surface area contributed by atoms with Crippen LogP contribution in [-0.2, 0) is 11.3 Å². The smallest absolute Gasteiger partial charge is 0.261 e. The van der Waals surface area contributed by atoms with Gasteiger partial charge in [-0.05, 0) is 25.0 Å². The highest BCUT2D eigenvalue weighted by molar-refractivity contribution is 5.82. The molecule has 0 radical (unpaired) electrons. The lowest BCUT2D eigenvalue weighted by molar-refractivity contribution is -0.137. The zero-order valence-corrected chi connectivity index (χ0v) is 16.3. The maximum absolute atomic E-state index is 13.4. The highest BCUT2D eigenvalue weighted by atomic mass is 16.3. The summed E-state index contributed by atoms with van der Waals surface area (Å²) >= 11 is 0. The molecule has 0 aliphatic heterocycles. The number of fused-ring (bicyclic) bond motifs is 1. The van der Waals surface area contributed by atoms with Gasteiger partial charge in [-0.15, -0.1) is 0 Å². The zero-order chi connectivity index (χ0) is 20.3. The molecule has 0 saturated carbocycles. The number of aromatic amines is 1. The van der Waals surface area contributed by atoms with E-state index in [1.54, 1.807) is 24.5 Å². The number of H-pyrrole nitrogens is 1. The number of nitrogens with zero attached hydrogens (tertiary/aromatic N) is 4. The van der Waals surface area contributed by atoms with Gasteiger partial charge in [-0.3, -0.25) is 14.2 Å². The van der Waals surface area contributed by atoms with Crippen molar-refractivity contribution in [1.82, 2.24) is 24.4 Å². The summed E-state index contributed by atoms with van der Waals surface area (Å²) in [5.74, 6) is -0.389. The summed E-state index contributed by atoms with van der Waals surface area (Å²) in [4.78, 5) is 39.5. The molecule has 0 aliphatic carbocycles. The van der Waals surface area contributed by atoms with Gasteiger partial charge >= 0.3 is 0 Å². The Labute approximate surface area is 162 Å². The lowest BCUT2D eigenvalue weighted by Crippen LogP contribution is -2.43. The molecular formula is C20H25N5O3. The zero-order valence-electron chi connectivity index (χ0n) is 16.3. The first-order valence-electron chi connectivity index (χ1n) is 9.28. The van der Waals surface area contributed by atoms with Gasteiger partial charge in [0.15, 0.2) is 0 Å². The minimum absolute atomic E-state index is 0.144. The van der Waals surface area contributed by atoms with E-state index in [1.807, 2.05) is 26.8 Å². The van der Waals surface area contributed by atoms with Crippen LogP contribution in [0.4, 0.5) is 0 Å². The van der Waals surface area contributed by atoms with Crippen molar-refractivity contribution < 1.29 is 9.90 Å². The number of hydrogen-bond acceptors (Lipinski definition) is 5. The molecule has 3 rings (SSSR count). The van der Waals surface area contributed by atoms with Crippen molar-refractivity contribution in [2.45, 2.75) is 33.4 Å². The Balaban J connectivity index is 2.00. The maximum Gasteiger partial charge on any atom is 0.261 e. The Hall–Kier alpha value is -3.00. The Kier molecular flexibility index (Phi) is 5.89. The van der Waals surface area contributed by atoms with Gasteiger partial charge < -0.3 is 15.0 Å². The van der Waals surface area contributed by atoms with Crippen LogP contribution in [0.25, 0.3) is 10.9 Å². The van der Waals surface area contributed by atoms with E-state index in [2.05, 4.69) is 15.0 Å². The number of para-hydroxylation sites is 1. The topological polar surface area (TPSA) is 104 Å². The fourth-order valence-corrected chi connectivity index (χ4v) is 3.31. The van der Waals surface area contributed by atoms with Gasteiger partial charge in [0.1, 0.15) is 6.04 Å². The molecule has 0 fully saturated rings. The van der Waals surface area contributed by atoms with Crippen molar-refractivity contribution in [2.24, 2.45) is 5.92 Å². The number of carbonyl (C=O) groups excluding carboxylic acids is 1. The maximum atomic E-state index is 13.4. The minimum Gasteiger partial charge on any atom is -0.395 e. The second kappa shape index (κ2) is 8.35. The van der Waals surface area contributed by atoms with Crippen LogP contribution < -0.4 is 5.56 Å². The van der Waals surface area contributed by atoms with E-state index < -0.39 is 6.04 Å². The second-order valence-corrected chi connectivity index (χ2v) is 7.12. The number of carbonyl (C=O) groups is 1. The molecular weight excluding hydrogens is 358 g/mol. The highest BCUT2D eigenvalue weighted by Crippen LogP contribution is 2.21. The molecule has 0 saturated heterocycles. The average Bonchev–Trinajstić information content (AvgIpc) is 3.08. The molecule has 2 N–H and O–H groups in total. The number of aromatic nitrogens is 4. The van der Waals surface area contributed by atoms with Crippen molar-refractivity contribution in [3.8, 4) is 0 Å². The highest BCUT2D eigenvalue weighted by Gasteiger charge is 2.30. The fraction of sp³-hybridized carbons (Fsp3) is 0.400. The SMILES string of the molecule is Cc1[nH]cnc1CN(CCO)C(=O)C(C(C)C)n1cnc2ccccc2c1=O. The molecule has 2 aromatic heterocycles. The molecule has 148 valence electrons. The largest absolute Gasteiger partial charge is 0.395 e. The first kappa shape index (κ1) is 19.8. The Bertz CT molecular complexity index is 1020. The van der Waals surface area contributed by atoms with Crippen LogP contribution in [-0.4, -0.2) is 48.6 Å². The average molecular weight is 383 g/mol. The molecule has 1 atom stereocenters. The number of nitrogens with one attached hydrogen (secondary N) is 1. The van der Waals surface area contributed by atoms with E-state index in [0.29, 0.717) is 10.9 Å². The quantitative estimate of drug-likeness (QED) is 0.646. The number of aliphatic hydroxyl groups is 1. The summed E-state index contributed by atoms with van der Waals surface area (Å²) in [5.41, 5.74) is 1.94. The van der Waals surface area contributed by atoms with E-state index in [0.717, 1.165) is 11.4 Å². The van der Waals surface area contributed by atoms with Crippen LogP contribution in [0, 0.1) is 12.8 Å². The van der Waals surface area contributed by atoms with Gasteiger partial charge in [0.25, 0.3) is 5.56 Å². The molecule has 1 unspecified atom stereocenters. The summed E-state index contributed by atoms with van der Waals surface area (Å²) in [5, 5.41) is 9.94. The standard InChI is InChI=1S/C20H25N5O3/c1-13(2)18(25-12-23-16-7-5-4-6-15(16)19(25)27)20(28)24(8-9-26)10-17-14(3)21-11-22-17/h4-7,11-13,18,26H,8-10H2,1-3H3,(H,21,22). The molecule has 1 amide bonds. The number of imidazole rings is 1. The van der Waals surface area contributed by atoms with Gasteiger partial charge in [-0.25, -0.2) is 9.97 Å². The van der Waals surface area contributed by atoms with Gasteiger partial charge in [0, 0.05) is 12.2 Å². The normalized spacial score (nSPS) is 12.5. The van der Waals surface area contributed by atoms with Crippen molar-refractivity contribution in [2.75, 3.05) is 13.2 Å². The predicted octanol–water partition coefficient (Wildman–Crippen LogP) is 1.65. The Morgan fingerprint density at radius 2 is 2.04 bits per heavy atom. The number of aryl methyl sites for hydroxylation is 1. The lowest BCUT2D eigenvalue weighted by atomic mass is 10.0. The number of rotatable bonds is 7. The van der Waals surface area contributed by atoms with Crippen LogP contribution in [0.1, 0.15) is 31.3 Å². The van der Waals surface area contributed by atoms with Gasteiger partial charge in [0.2, 0.25) is 5.91 Å².